The quantitative estimate of drug-likeness (QED) is 0.741. The van der Waals surface area contributed by atoms with Gasteiger partial charge < -0.3 is 4.90 Å². The average Bonchev–Trinajstić information content (AvgIpc) is 2.52. The van der Waals surface area contributed by atoms with Crippen molar-refractivity contribution in [3.05, 3.63) is 29.8 Å². The molecule has 14 heavy (non-hydrogen) atoms. The Labute approximate surface area is 101 Å². The van der Waals surface area contributed by atoms with E-state index in [1.165, 1.54) is 11.3 Å². The van der Waals surface area contributed by atoms with Crippen molar-refractivity contribution in [1.29, 1.82) is 0 Å². The highest BCUT2D eigenvalue weighted by Crippen LogP contribution is 2.16. The Morgan fingerprint density at radius 2 is 2.14 bits per heavy atom. The summed E-state index contributed by atoms with van der Waals surface area (Å²) in [6.45, 7) is 2.93. The molecular weight excluding hydrogens is 289 g/mol. The molecule has 0 aromatic heterocycles. The second-order valence-electron chi connectivity index (χ2n) is 3.34. The topological polar surface area (TPSA) is 18.8 Å². The number of hydrogen-bond acceptors (Lipinski definition) is 3. The molecule has 0 bridgehead atoms. The van der Waals surface area contributed by atoms with Crippen molar-refractivity contribution in [2.75, 3.05) is 18.6 Å². The van der Waals surface area contributed by atoms with Crippen molar-refractivity contribution >= 4 is 36.0 Å². The first kappa shape index (κ1) is 11.3. The SMILES string of the molecule is Cc1cccc(N2C=NN(C)C2)c1.I. The van der Waals surface area contributed by atoms with Crippen molar-refractivity contribution < 1.29 is 0 Å². The molecule has 76 valence electrons. The lowest BCUT2D eigenvalue weighted by molar-refractivity contribution is 0.393. The van der Waals surface area contributed by atoms with E-state index in [4.69, 9.17) is 0 Å². The fourth-order valence-corrected chi connectivity index (χ4v) is 1.40. The van der Waals surface area contributed by atoms with Crippen LogP contribution < -0.4 is 4.90 Å². The van der Waals surface area contributed by atoms with Crippen LogP contribution in [0.25, 0.3) is 0 Å². The summed E-state index contributed by atoms with van der Waals surface area (Å²) in [5.74, 6) is 0. The maximum atomic E-state index is 4.16. The Hall–Kier alpha value is -0.780. The number of benzene rings is 1. The second kappa shape index (κ2) is 4.63. The van der Waals surface area contributed by atoms with E-state index < -0.39 is 0 Å². The van der Waals surface area contributed by atoms with Crippen LogP contribution in [0.3, 0.4) is 0 Å². The first-order valence-electron chi connectivity index (χ1n) is 4.34. The van der Waals surface area contributed by atoms with E-state index >= 15 is 0 Å². The summed E-state index contributed by atoms with van der Waals surface area (Å²) in [7, 11) is 1.96. The third kappa shape index (κ3) is 2.37. The Bertz CT molecular complexity index is 338. The minimum atomic E-state index is 0. The molecule has 1 aromatic carbocycles. The molecule has 3 nitrogen and oxygen atoms in total. The van der Waals surface area contributed by atoms with Gasteiger partial charge >= 0.3 is 0 Å². The summed E-state index contributed by atoms with van der Waals surface area (Å²) in [5.41, 5.74) is 2.48. The van der Waals surface area contributed by atoms with Gasteiger partial charge in [-0.05, 0) is 24.6 Å². The summed E-state index contributed by atoms with van der Waals surface area (Å²) in [5, 5.41) is 6.06. The summed E-state index contributed by atoms with van der Waals surface area (Å²) < 4.78 is 0. The molecule has 0 amide bonds. The van der Waals surface area contributed by atoms with Gasteiger partial charge in [0.15, 0.2) is 0 Å². The maximum Gasteiger partial charge on any atom is 0.117 e. The molecule has 0 saturated carbocycles. The molecule has 0 N–H and O–H groups in total. The van der Waals surface area contributed by atoms with Gasteiger partial charge in [0.05, 0.1) is 0 Å². The molecule has 1 heterocycles. The third-order valence-electron chi connectivity index (χ3n) is 2.08. The van der Waals surface area contributed by atoms with Crippen LogP contribution in [0.4, 0.5) is 5.69 Å². The van der Waals surface area contributed by atoms with E-state index in [-0.39, 0.29) is 24.0 Å². The number of hydrogen-bond donors (Lipinski definition) is 0. The van der Waals surface area contributed by atoms with Gasteiger partial charge in [0.25, 0.3) is 0 Å². The zero-order valence-electron chi connectivity index (χ0n) is 8.34. The molecule has 4 heteroatoms. The summed E-state index contributed by atoms with van der Waals surface area (Å²) in [6.07, 6.45) is 1.86. The number of aryl methyl sites for hydroxylation is 1. The highest BCUT2D eigenvalue weighted by Gasteiger charge is 2.10. The summed E-state index contributed by atoms with van der Waals surface area (Å²) >= 11 is 0. The van der Waals surface area contributed by atoms with Gasteiger partial charge in [0.2, 0.25) is 0 Å². The molecule has 0 spiro atoms. The molecule has 2 rings (SSSR count). The lowest BCUT2D eigenvalue weighted by atomic mass is 10.2. The van der Waals surface area contributed by atoms with Crippen molar-refractivity contribution in [3.8, 4) is 0 Å². The van der Waals surface area contributed by atoms with Crippen molar-refractivity contribution in [2.24, 2.45) is 5.10 Å². The Balaban J connectivity index is 0.000000980. The van der Waals surface area contributed by atoms with Crippen molar-refractivity contribution in [1.82, 2.24) is 5.01 Å². The minimum Gasteiger partial charge on any atom is -0.311 e. The lowest BCUT2D eigenvalue weighted by Crippen LogP contribution is -2.23. The van der Waals surface area contributed by atoms with Gasteiger partial charge in [-0.2, -0.15) is 5.10 Å². The van der Waals surface area contributed by atoms with Gasteiger partial charge in [-0.15, -0.1) is 24.0 Å². The van der Waals surface area contributed by atoms with Gasteiger partial charge in [0.1, 0.15) is 13.0 Å². The molecule has 1 aliphatic rings. The van der Waals surface area contributed by atoms with Crippen LogP contribution in [0, 0.1) is 6.92 Å². The Morgan fingerprint density at radius 3 is 2.71 bits per heavy atom. The molecule has 0 saturated heterocycles. The average molecular weight is 303 g/mol. The van der Waals surface area contributed by atoms with E-state index in [0.717, 1.165) is 6.67 Å². The first-order chi connectivity index (χ1) is 6.25. The number of halogens is 1. The van der Waals surface area contributed by atoms with Gasteiger partial charge in [-0.1, -0.05) is 12.1 Å². The summed E-state index contributed by atoms with van der Waals surface area (Å²) in [4.78, 5) is 2.12. The van der Waals surface area contributed by atoms with Gasteiger partial charge in [-0.25, -0.2) is 0 Å². The van der Waals surface area contributed by atoms with Crippen molar-refractivity contribution in [3.63, 3.8) is 0 Å². The van der Waals surface area contributed by atoms with Crippen LogP contribution in [0.1, 0.15) is 5.56 Å². The smallest absolute Gasteiger partial charge is 0.117 e. The predicted octanol–water partition coefficient (Wildman–Crippen LogP) is 2.27. The van der Waals surface area contributed by atoms with E-state index in [9.17, 15) is 0 Å². The van der Waals surface area contributed by atoms with Crippen LogP contribution in [-0.4, -0.2) is 25.1 Å². The normalized spacial score (nSPS) is 14.4. The lowest BCUT2D eigenvalue weighted by Gasteiger charge is -2.16. The van der Waals surface area contributed by atoms with Crippen LogP contribution in [0.15, 0.2) is 29.4 Å². The fraction of sp³-hybridized carbons (Fsp3) is 0.300. The third-order valence-corrected chi connectivity index (χ3v) is 2.08. The highest BCUT2D eigenvalue weighted by atomic mass is 127. The number of hydrazone groups is 1. The molecule has 0 radical (unpaired) electrons. The van der Waals surface area contributed by atoms with Gasteiger partial charge in [0, 0.05) is 12.7 Å². The molecular formula is C10H14IN3. The van der Waals surface area contributed by atoms with E-state index in [0.29, 0.717) is 0 Å². The van der Waals surface area contributed by atoms with Crippen LogP contribution in [-0.2, 0) is 0 Å². The monoisotopic (exact) mass is 303 g/mol. The number of anilines is 1. The zero-order valence-corrected chi connectivity index (χ0v) is 10.7. The fourth-order valence-electron chi connectivity index (χ4n) is 1.40. The Morgan fingerprint density at radius 1 is 1.36 bits per heavy atom. The number of rotatable bonds is 1. The summed E-state index contributed by atoms with van der Waals surface area (Å²) in [6, 6.07) is 8.42. The largest absolute Gasteiger partial charge is 0.311 e. The minimum absolute atomic E-state index is 0. The first-order valence-corrected chi connectivity index (χ1v) is 4.34. The van der Waals surface area contributed by atoms with E-state index in [2.05, 4.69) is 41.2 Å². The Kier molecular flexibility index (Phi) is 3.74. The maximum absolute atomic E-state index is 4.16. The van der Waals surface area contributed by atoms with Crippen molar-refractivity contribution in [2.45, 2.75) is 6.92 Å². The molecule has 0 atom stereocenters. The zero-order chi connectivity index (χ0) is 9.26. The molecule has 1 aromatic rings. The van der Waals surface area contributed by atoms with E-state index in [1.54, 1.807) is 0 Å². The van der Waals surface area contributed by atoms with Gasteiger partial charge in [-0.3, -0.25) is 5.01 Å². The standard InChI is InChI=1S/C10H13N3.HI/c1-9-4-3-5-10(6-9)13-7-11-12(2)8-13;/h3-7H,8H2,1-2H3;1H. The van der Waals surface area contributed by atoms with Crippen LogP contribution in [0.2, 0.25) is 0 Å². The van der Waals surface area contributed by atoms with Crippen LogP contribution in [0.5, 0.6) is 0 Å². The highest BCUT2D eigenvalue weighted by molar-refractivity contribution is 14.0. The molecule has 0 fully saturated rings. The molecule has 1 aliphatic heterocycles. The predicted molar refractivity (Wildman–Crippen MR) is 70.2 cm³/mol. The van der Waals surface area contributed by atoms with E-state index in [1.807, 2.05) is 18.4 Å². The molecule has 0 aliphatic carbocycles. The second-order valence-corrected chi connectivity index (χ2v) is 3.34. The number of nitrogens with zero attached hydrogens (tertiary/aromatic N) is 3. The van der Waals surface area contributed by atoms with Crippen LogP contribution >= 0.6 is 24.0 Å². The molecule has 0 unspecified atom stereocenters.